The zero-order valence-electron chi connectivity index (χ0n) is 17.7. The molecule has 0 aromatic heterocycles. The van der Waals surface area contributed by atoms with E-state index in [-0.39, 0.29) is 24.0 Å². The minimum atomic E-state index is 0. The fraction of sp³-hybridized carbons (Fsp3) is 0.667. The molecule has 1 saturated heterocycles. The molecule has 0 spiro atoms. The van der Waals surface area contributed by atoms with E-state index < -0.39 is 0 Å². The number of ether oxygens (including phenoxy) is 3. The van der Waals surface area contributed by atoms with E-state index in [0.717, 1.165) is 70.6 Å². The number of benzene rings is 1. The SMILES string of the molecule is CCNC(=NCc1ccc(NCCOC)cc1)NCCCOCC1CCOC1.I. The number of nitrogens with zero attached hydrogens (tertiary/aromatic N) is 1. The largest absolute Gasteiger partial charge is 0.383 e. The predicted octanol–water partition coefficient (Wildman–Crippen LogP) is 2.86. The first kappa shape index (κ1) is 25.9. The lowest BCUT2D eigenvalue weighted by Gasteiger charge is -2.12. The molecule has 1 aliphatic heterocycles. The summed E-state index contributed by atoms with van der Waals surface area (Å²) in [5.74, 6) is 1.42. The Hall–Kier alpha value is -1.10. The van der Waals surface area contributed by atoms with E-state index in [1.165, 1.54) is 5.56 Å². The molecule has 1 fully saturated rings. The van der Waals surface area contributed by atoms with Crippen molar-refractivity contribution in [3.63, 3.8) is 0 Å². The fourth-order valence-electron chi connectivity index (χ4n) is 2.88. The summed E-state index contributed by atoms with van der Waals surface area (Å²) in [6, 6.07) is 8.35. The highest BCUT2D eigenvalue weighted by atomic mass is 127. The summed E-state index contributed by atoms with van der Waals surface area (Å²) in [7, 11) is 1.71. The Labute approximate surface area is 192 Å². The average molecular weight is 520 g/mol. The second-order valence-electron chi connectivity index (χ2n) is 6.90. The highest BCUT2D eigenvalue weighted by Crippen LogP contribution is 2.12. The third kappa shape index (κ3) is 11.6. The molecule has 0 aliphatic carbocycles. The van der Waals surface area contributed by atoms with Crippen LogP contribution in [0.1, 0.15) is 25.3 Å². The van der Waals surface area contributed by atoms with Crippen LogP contribution in [0.3, 0.4) is 0 Å². The highest BCUT2D eigenvalue weighted by Gasteiger charge is 2.15. The molecule has 0 saturated carbocycles. The van der Waals surface area contributed by atoms with E-state index >= 15 is 0 Å². The van der Waals surface area contributed by atoms with Gasteiger partial charge in [0, 0.05) is 51.6 Å². The molecular formula is C21H37IN4O3. The molecule has 1 aromatic carbocycles. The Morgan fingerprint density at radius 1 is 1.17 bits per heavy atom. The monoisotopic (exact) mass is 520 g/mol. The topological polar surface area (TPSA) is 76.1 Å². The standard InChI is InChI=1S/C21H36N4O3.HI/c1-3-22-21(24-10-4-12-27-16-19-9-13-28-17-19)25-15-18-5-7-20(8-6-18)23-11-14-26-2;/h5-8,19,23H,3-4,9-17H2,1-2H3,(H2,22,24,25);1H. The van der Waals surface area contributed by atoms with Crippen LogP contribution >= 0.6 is 24.0 Å². The molecule has 0 radical (unpaired) electrons. The van der Waals surface area contributed by atoms with Crippen molar-refractivity contribution in [2.45, 2.75) is 26.3 Å². The summed E-state index contributed by atoms with van der Waals surface area (Å²) < 4.78 is 16.1. The minimum Gasteiger partial charge on any atom is -0.383 e. The van der Waals surface area contributed by atoms with Crippen molar-refractivity contribution in [1.29, 1.82) is 0 Å². The van der Waals surface area contributed by atoms with Crippen molar-refractivity contribution in [2.24, 2.45) is 10.9 Å². The Bertz CT molecular complexity index is 551. The lowest BCUT2D eigenvalue weighted by molar-refractivity contribution is 0.0888. The lowest BCUT2D eigenvalue weighted by Crippen LogP contribution is -2.38. The third-order valence-corrected chi connectivity index (χ3v) is 4.49. The number of anilines is 1. The van der Waals surface area contributed by atoms with Gasteiger partial charge in [-0.1, -0.05) is 12.1 Å². The van der Waals surface area contributed by atoms with E-state index in [1.807, 2.05) is 0 Å². The number of hydrogen-bond acceptors (Lipinski definition) is 5. The molecule has 7 nitrogen and oxygen atoms in total. The Balaban J connectivity index is 0.00000420. The van der Waals surface area contributed by atoms with Crippen LogP contribution in [-0.4, -0.2) is 65.7 Å². The second kappa shape index (κ2) is 16.7. The zero-order valence-corrected chi connectivity index (χ0v) is 20.1. The predicted molar refractivity (Wildman–Crippen MR) is 129 cm³/mol. The van der Waals surface area contributed by atoms with Crippen LogP contribution in [0.25, 0.3) is 0 Å². The van der Waals surface area contributed by atoms with Gasteiger partial charge in [-0.05, 0) is 37.5 Å². The number of nitrogens with one attached hydrogen (secondary N) is 3. The molecule has 29 heavy (non-hydrogen) atoms. The molecular weight excluding hydrogens is 483 g/mol. The van der Waals surface area contributed by atoms with Gasteiger partial charge in [0.1, 0.15) is 0 Å². The molecule has 0 amide bonds. The van der Waals surface area contributed by atoms with Crippen LogP contribution in [0.2, 0.25) is 0 Å². The number of guanidine groups is 1. The fourth-order valence-corrected chi connectivity index (χ4v) is 2.88. The molecule has 1 heterocycles. The maximum Gasteiger partial charge on any atom is 0.191 e. The van der Waals surface area contributed by atoms with Crippen LogP contribution in [-0.2, 0) is 20.8 Å². The quantitative estimate of drug-likeness (QED) is 0.161. The van der Waals surface area contributed by atoms with Crippen molar-refractivity contribution in [2.75, 3.05) is 65.1 Å². The van der Waals surface area contributed by atoms with Gasteiger partial charge in [0.15, 0.2) is 5.96 Å². The first-order valence-corrected chi connectivity index (χ1v) is 10.3. The number of halogens is 1. The summed E-state index contributed by atoms with van der Waals surface area (Å²) in [4.78, 5) is 4.67. The highest BCUT2D eigenvalue weighted by molar-refractivity contribution is 14.0. The molecule has 1 unspecified atom stereocenters. The first-order chi connectivity index (χ1) is 13.8. The number of aliphatic imine (C=N–C) groups is 1. The minimum absolute atomic E-state index is 0. The molecule has 8 heteroatoms. The molecule has 2 rings (SSSR count). The van der Waals surface area contributed by atoms with E-state index in [9.17, 15) is 0 Å². The average Bonchev–Trinajstić information content (AvgIpc) is 3.23. The van der Waals surface area contributed by atoms with Gasteiger partial charge < -0.3 is 30.2 Å². The Morgan fingerprint density at radius 3 is 2.69 bits per heavy atom. The molecule has 1 atom stereocenters. The van der Waals surface area contributed by atoms with Gasteiger partial charge >= 0.3 is 0 Å². The second-order valence-corrected chi connectivity index (χ2v) is 6.90. The number of methoxy groups -OCH3 is 1. The molecule has 1 aromatic rings. The zero-order chi connectivity index (χ0) is 19.9. The maximum absolute atomic E-state index is 5.74. The van der Waals surface area contributed by atoms with Crippen LogP contribution in [0.5, 0.6) is 0 Å². The van der Waals surface area contributed by atoms with E-state index in [0.29, 0.717) is 19.1 Å². The van der Waals surface area contributed by atoms with Crippen LogP contribution < -0.4 is 16.0 Å². The van der Waals surface area contributed by atoms with Crippen molar-refractivity contribution in [1.82, 2.24) is 10.6 Å². The van der Waals surface area contributed by atoms with Gasteiger partial charge in [0.2, 0.25) is 0 Å². The molecule has 3 N–H and O–H groups in total. The molecule has 166 valence electrons. The summed E-state index contributed by atoms with van der Waals surface area (Å²) in [6.45, 7) is 9.21. The smallest absolute Gasteiger partial charge is 0.191 e. The van der Waals surface area contributed by atoms with E-state index in [2.05, 4.69) is 52.1 Å². The summed E-state index contributed by atoms with van der Waals surface area (Å²) in [6.07, 6.45) is 2.08. The van der Waals surface area contributed by atoms with Crippen molar-refractivity contribution >= 4 is 35.6 Å². The van der Waals surface area contributed by atoms with Crippen LogP contribution in [0.15, 0.2) is 29.3 Å². The summed E-state index contributed by atoms with van der Waals surface area (Å²) in [5.41, 5.74) is 2.27. The van der Waals surface area contributed by atoms with Gasteiger partial charge in [-0.3, -0.25) is 0 Å². The normalized spacial score (nSPS) is 16.3. The van der Waals surface area contributed by atoms with Gasteiger partial charge in [-0.15, -0.1) is 24.0 Å². The maximum atomic E-state index is 5.74. The Kier molecular flexibility index (Phi) is 14.9. The summed E-state index contributed by atoms with van der Waals surface area (Å²) in [5, 5.41) is 9.98. The molecule has 1 aliphatic rings. The summed E-state index contributed by atoms with van der Waals surface area (Å²) >= 11 is 0. The van der Waals surface area contributed by atoms with Gasteiger partial charge in [-0.2, -0.15) is 0 Å². The van der Waals surface area contributed by atoms with Crippen molar-refractivity contribution in [3.8, 4) is 0 Å². The van der Waals surface area contributed by atoms with Crippen molar-refractivity contribution < 1.29 is 14.2 Å². The van der Waals surface area contributed by atoms with Crippen molar-refractivity contribution in [3.05, 3.63) is 29.8 Å². The van der Waals surface area contributed by atoms with Gasteiger partial charge in [-0.25, -0.2) is 4.99 Å². The van der Waals surface area contributed by atoms with Crippen LogP contribution in [0.4, 0.5) is 5.69 Å². The first-order valence-electron chi connectivity index (χ1n) is 10.3. The Morgan fingerprint density at radius 2 is 2.00 bits per heavy atom. The van der Waals surface area contributed by atoms with Gasteiger partial charge in [0.25, 0.3) is 0 Å². The third-order valence-electron chi connectivity index (χ3n) is 4.49. The number of hydrogen-bond donors (Lipinski definition) is 3. The van der Waals surface area contributed by atoms with E-state index in [4.69, 9.17) is 14.2 Å². The van der Waals surface area contributed by atoms with Gasteiger partial charge in [0.05, 0.1) is 26.4 Å². The van der Waals surface area contributed by atoms with E-state index in [1.54, 1.807) is 7.11 Å². The lowest BCUT2D eigenvalue weighted by atomic mass is 10.1. The number of rotatable bonds is 13. The van der Waals surface area contributed by atoms with Crippen LogP contribution in [0, 0.1) is 5.92 Å². The molecule has 0 bridgehead atoms.